The molecule has 3 N–H and O–H groups in total. The lowest BCUT2D eigenvalue weighted by molar-refractivity contribution is -0.124. The molecule has 0 saturated carbocycles. The average molecular weight is 345 g/mol. The summed E-state index contributed by atoms with van der Waals surface area (Å²) >= 11 is 0. The second kappa shape index (κ2) is 9.60. The Morgan fingerprint density at radius 1 is 1.30 bits per heavy atom. The fraction of sp³-hybridized carbons (Fsp3) is 0.562. The van der Waals surface area contributed by atoms with Gasteiger partial charge in [0.1, 0.15) is 11.5 Å². The van der Waals surface area contributed by atoms with Gasteiger partial charge >= 0.3 is 0 Å². The fourth-order valence-electron chi connectivity index (χ4n) is 2.54. The van der Waals surface area contributed by atoms with E-state index in [0.29, 0.717) is 17.1 Å². The second-order valence-electron chi connectivity index (χ2n) is 5.41. The van der Waals surface area contributed by atoms with Crippen molar-refractivity contribution in [2.45, 2.75) is 31.4 Å². The Bertz CT molecular complexity index is 485. The molecule has 130 valence electrons. The zero-order valence-corrected chi connectivity index (χ0v) is 14.3. The molecule has 2 unspecified atom stereocenters. The predicted octanol–water partition coefficient (Wildman–Crippen LogP) is 1.42. The molecule has 0 spiro atoms. The Morgan fingerprint density at radius 2 is 1.96 bits per heavy atom. The molecule has 1 amide bonds. The third-order valence-corrected chi connectivity index (χ3v) is 3.85. The zero-order chi connectivity index (χ0) is 15.9. The maximum atomic E-state index is 12.0. The summed E-state index contributed by atoms with van der Waals surface area (Å²) in [6, 6.07) is 5.05. The van der Waals surface area contributed by atoms with Crippen LogP contribution in [-0.2, 0) is 4.79 Å². The summed E-state index contributed by atoms with van der Waals surface area (Å²) in [4.78, 5) is 12.0. The summed E-state index contributed by atoms with van der Waals surface area (Å²) < 4.78 is 10.4. The molecule has 6 nitrogen and oxygen atoms in total. The van der Waals surface area contributed by atoms with E-state index in [-0.39, 0.29) is 30.9 Å². The Labute approximate surface area is 143 Å². The van der Waals surface area contributed by atoms with Gasteiger partial charge in [0.25, 0.3) is 0 Å². The van der Waals surface area contributed by atoms with Crippen LogP contribution in [0.4, 0.5) is 0 Å². The van der Waals surface area contributed by atoms with Crippen molar-refractivity contribution < 1.29 is 19.4 Å². The van der Waals surface area contributed by atoms with Gasteiger partial charge in [-0.25, -0.2) is 0 Å². The van der Waals surface area contributed by atoms with Crippen molar-refractivity contribution in [1.29, 1.82) is 0 Å². The van der Waals surface area contributed by atoms with Crippen molar-refractivity contribution in [2.75, 3.05) is 27.3 Å². The van der Waals surface area contributed by atoms with Crippen LogP contribution in [-0.4, -0.2) is 44.4 Å². The number of methoxy groups -OCH3 is 2. The summed E-state index contributed by atoms with van der Waals surface area (Å²) in [6.45, 7) is 1.03. The Kier molecular flexibility index (Phi) is 8.16. The first-order valence-corrected chi connectivity index (χ1v) is 7.56. The molecule has 1 aromatic carbocycles. The van der Waals surface area contributed by atoms with Gasteiger partial charge in [0.15, 0.2) is 0 Å². The van der Waals surface area contributed by atoms with E-state index >= 15 is 0 Å². The fourth-order valence-corrected chi connectivity index (χ4v) is 2.54. The monoisotopic (exact) mass is 344 g/mol. The van der Waals surface area contributed by atoms with Crippen LogP contribution in [0.1, 0.15) is 30.9 Å². The van der Waals surface area contributed by atoms with E-state index in [2.05, 4.69) is 10.6 Å². The van der Waals surface area contributed by atoms with Crippen molar-refractivity contribution in [3.63, 3.8) is 0 Å². The highest BCUT2D eigenvalue weighted by Gasteiger charge is 2.21. The minimum atomic E-state index is -0.809. The van der Waals surface area contributed by atoms with Gasteiger partial charge in [-0.2, -0.15) is 0 Å². The molecule has 1 saturated heterocycles. The molecule has 7 heteroatoms. The molecule has 0 radical (unpaired) electrons. The molecule has 1 aromatic rings. The Balaban J connectivity index is 0.00000264. The minimum Gasteiger partial charge on any atom is -0.497 e. The summed E-state index contributed by atoms with van der Waals surface area (Å²) in [7, 11) is 3.11. The first-order valence-electron chi connectivity index (χ1n) is 7.56. The number of aliphatic hydroxyl groups is 1. The lowest BCUT2D eigenvalue weighted by Gasteiger charge is -2.23. The molecule has 0 aromatic heterocycles. The standard InChI is InChI=1S/C16H24N2O4.ClH/c1-21-12-7-11(8-13(9-12)22-2)15(19)10-18-16(20)14-5-3-4-6-17-14;/h7-9,14-15,17,19H,3-6,10H2,1-2H3,(H,18,20);1H. The van der Waals surface area contributed by atoms with E-state index in [1.165, 1.54) is 0 Å². The van der Waals surface area contributed by atoms with E-state index in [0.717, 1.165) is 25.8 Å². The van der Waals surface area contributed by atoms with Crippen molar-refractivity contribution in [3.05, 3.63) is 23.8 Å². The van der Waals surface area contributed by atoms with Crippen molar-refractivity contribution in [3.8, 4) is 11.5 Å². The number of ether oxygens (including phenoxy) is 2. The van der Waals surface area contributed by atoms with E-state index in [1.807, 2.05) is 0 Å². The van der Waals surface area contributed by atoms with Crippen LogP contribution in [0.2, 0.25) is 0 Å². The van der Waals surface area contributed by atoms with Gasteiger partial charge < -0.3 is 25.2 Å². The maximum absolute atomic E-state index is 12.0. The molecule has 1 aliphatic heterocycles. The lowest BCUT2D eigenvalue weighted by atomic mass is 10.0. The number of carbonyl (C=O) groups excluding carboxylic acids is 1. The van der Waals surface area contributed by atoms with E-state index in [1.54, 1.807) is 32.4 Å². The maximum Gasteiger partial charge on any atom is 0.237 e. The molecule has 0 bridgehead atoms. The highest BCUT2D eigenvalue weighted by molar-refractivity contribution is 5.85. The second-order valence-corrected chi connectivity index (χ2v) is 5.41. The van der Waals surface area contributed by atoms with Crippen LogP contribution in [0.15, 0.2) is 18.2 Å². The number of benzene rings is 1. The normalized spacial score (nSPS) is 18.5. The number of rotatable bonds is 6. The molecular weight excluding hydrogens is 320 g/mol. The number of piperidine rings is 1. The number of hydrogen-bond acceptors (Lipinski definition) is 5. The number of carbonyl (C=O) groups is 1. The number of amides is 1. The van der Waals surface area contributed by atoms with Crippen molar-refractivity contribution in [2.24, 2.45) is 0 Å². The SMILES string of the molecule is COc1cc(OC)cc(C(O)CNC(=O)C2CCCCN2)c1.Cl. The third-order valence-electron chi connectivity index (χ3n) is 3.85. The van der Waals surface area contributed by atoms with Gasteiger partial charge in [-0.1, -0.05) is 6.42 Å². The first-order chi connectivity index (χ1) is 10.6. The van der Waals surface area contributed by atoms with Crippen molar-refractivity contribution in [1.82, 2.24) is 10.6 Å². The Morgan fingerprint density at radius 3 is 2.48 bits per heavy atom. The molecule has 1 aliphatic rings. The topological polar surface area (TPSA) is 79.8 Å². The summed E-state index contributed by atoms with van der Waals surface area (Å²) in [5.74, 6) is 1.15. The van der Waals surface area contributed by atoms with Gasteiger partial charge in [0.05, 0.1) is 26.4 Å². The Hall–Kier alpha value is -1.50. The smallest absolute Gasteiger partial charge is 0.237 e. The lowest BCUT2D eigenvalue weighted by Crippen LogP contribution is -2.47. The van der Waals surface area contributed by atoms with Crippen LogP contribution < -0.4 is 20.1 Å². The minimum absolute atomic E-state index is 0. The summed E-state index contributed by atoms with van der Waals surface area (Å²) in [6.07, 6.45) is 2.20. The van der Waals surface area contributed by atoms with Crippen LogP contribution >= 0.6 is 12.4 Å². The molecule has 1 fully saturated rings. The van der Waals surface area contributed by atoms with Gasteiger partial charge in [0, 0.05) is 12.6 Å². The van der Waals surface area contributed by atoms with Gasteiger partial charge in [0.2, 0.25) is 5.91 Å². The van der Waals surface area contributed by atoms with Crippen LogP contribution in [0, 0.1) is 0 Å². The molecule has 2 rings (SSSR count). The van der Waals surface area contributed by atoms with Crippen molar-refractivity contribution >= 4 is 18.3 Å². The van der Waals surface area contributed by atoms with E-state index < -0.39 is 6.10 Å². The molecule has 2 atom stereocenters. The van der Waals surface area contributed by atoms with Gasteiger partial charge in [-0.15, -0.1) is 12.4 Å². The average Bonchev–Trinajstić information content (AvgIpc) is 2.59. The molecule has 23 heavy (non-hydrogen) atoms. The number of aliphatic hydroxyl groups excluding tert-OH is 1. The van der Waals surface area contributed by atoms with E-state index in [4.69, 9.17) is 9.47 Å². The first kappa shape index (κ1) is 19.5. The van der Waals surface area contributed by atoms with Crippen LogP contribution in [0.25, 0.3) is 0 Å². The molecular formula is C16H25ClN2O4. The molecule has 1 heterocycles. The molecule has 0 aliphatic carbocycles. The number of hydrogen-bond donors (Lipinski definition) is 3. The highest BCUT2D eigenvalue weighted by atomic mass is 35.5. The number of nitrogens with one attached hydrogen (secondary N) is 2. The largest absolute Gasteiger partial charge is 0.497 e. The third kappa shape index (κ3) is 5.57. The number of halogens is 1. The summed E-state index contributed by atoms with van der Waals surface area (Å²) in [5.41, 5.74) is 0.646. The van der Waals surface area contributed by atoms with Gasteiger partial charge in [-0.3, -0.25) is 4.79 Å². The predicted molar refractivity (Wildman–Crippen MR) is 90.4 cm³/mol. The highest BCUT2D eigenvalue weighted by Crippen LogP contribution is 2.26. The van der Waals surface area contributed by atoms with Crippen LogP contribution in [0.3, 0.4) is 0 Å². The zero-order valence-electron chi connectivity index (χ0n) is 13.5. The summed E-state index contributed by atoms with van der Waals surface area (Å²) in [5, 5.41) is 16.2. The quantitative estimate of drug-likeness (QED) is 0.727. The van der Waals surface area contributed by atoms with Gasteiger partial charge in [-0.05, 0) is 37.1 Å². The van der Waals surface area contributed by atoms with E-state index in [9.17, 15) is 9.90 Å². The van der Waals surface area contributed by atoms with Crippen LogP contribution in [0.5, 0.6) is 11.5 Å².